The molecule has 1 atom stereocenters. The standard InChI is InChI=1S/C21H25N7O2/c29-20(24-15-4-1-2-5-15)19-12-27(26-25-19)11-16-6-3-9-28(16)21(30)14-7-8-17-18(10-14)23-13-22-17/h7-8,10,12-13,15-16H,1-6,9,11H2,(H,22,23)(H,24,29). The fourth-order valence-corrected chi connectivity index (χ4v) is 4.56. The number of hydrogen-bond donors (Lipinski definition) is 2. The molecule has 1 aromatic carbocycles. The van der Waals surface area contributed by atoms with Gasteiger partial charge in [0.05, 0.1) is 36.1 Å². The van der Waals surface area contributed by atoms with Crippen LogP contribution in [0.3, 0.4) is 0 Å². The van der Waals surface area contributed by atoms with Crippen LogP contribution in [0.15, 0.2) is 30.7 Å². The number of amides is 2. The smallest absolute Gasteiger partial charge is 0.273 e. The summed E-state index contributed by atoms with van der Waals surface area (Å²) >= 11 is 0. The van der Waals surface area contributed by atoms with Crippen LogP contribution in [0, 0.1) is 0 Å². The van der Waals surface area contributed by atoms with E-state index >= 15 is 0 Å². The molecule has 1 unspecified atom stereocenters. The molecule has 0 bridgehead atoms. The lowest BCUT2D eigenvalue weighted by Gasteiger charge is -2.24. The van der Waals surface area contributed by atoms with Crippen molar-refractivity contribution in [2.24, 2.45) is 0 Å². The van der Waals surface area contributed by atoms with Crippen LogP contribution in [0.5, 0.6) is 0 Å². The van der Waals surface area contributed by atoms with Crippen molar-refractivity contribution in [1.82, 2.24) is 35.2 Å². The quantitative estimate of drug-likeness (QED) is 0.673. The molecule has 2 fully saturated rings. The third-order valence-electron chi connectivity index (χ3n) is 6.16. The van der Waals surface area contributed by atoms with Gasteiger partial charge in [-0.2, -0.15) is 0 Å². The van der Waals surface area contributed by atoms with E-state index in [2.05, 4.69) is 25.6 Å². The molecule has 1 aliphatic heterocycles. The molecular weight excluding hydrogens is 382 g/mol. The molecule has 9 nitrogen and oxygen atoms in total. The average molecular weight is 407 g/mol. The molecular formula is C21H25N7O2. The maximum atomic E-state index is 13.1. The van der Waals surface area contributed by atoms with Crippen molar-refractivity contribution in [2.75, 3.05) is 6.54 Å². The highest BCUT2D eigenvalue weighted by Gasteiger charge is 2.30. The minimum absolute atomic E-state index is 0.00770. The molecule has 2 N–H and O–H groups in total. The Balaban J connectivity index is 1.25. The fourth-order valence-electron chi connectivity index (χ4n) is 4.56. The predicted octanol–water partition coefficient (Wildman–Crippen LogP) is 2.13. The van der Waals surface area contributed by atoms with Crippen LogP contribution in [0.25, 0.3) is 11.0 Å². The number of fused-ring (bicyclic) bond motifs is 1. The van der Waals surface area contributed by atoms with E-state index in [1.54, 1.807) is 17.2 Å². The Kier molecular flexibility index (Phi) is 4.94. The van der Waals surface area contributed by atoms with Crippen LogP contribution in [-0.2, 0) is 6.54 Å². The highest BCUT2D eigenvalue weighted by Crippen LogP contribution is 2.23. The highest BCUT2D eigenvalue weighted by atomic mass is 16.2. The molecule has 0 radical (unpaired) electrons. The molecule has 3 aromatic rings. The van der Waals surface area contributed by atoms with Crippen LogP contribution < -0.4 is 5.32 Å². The van der Waals surface area contributed by atoms with Crippen LogP contribution >= 0.6 is 0 Å². The summed E-state index contributed by atoms with van der Waals surface area (Å²) in [6.45, 7) is 1.25. The van der Waals surface area contributed by atoms with Gasteiger partial charge in [-0.25, -0.2) is 9.67 Å². The summed E-state index contributed by atoms with van der Waals surface area (Å²) < 4.78 is 1.68. The zero-order valence-corrected chi connectivity index (χ0v) is 16.8. The Morgan fingerprint density at radius 3 is 2.90 bits per heavy atom. The molecule has 9 heteroatoms. The molecule has 156 valence electrons. The lowest BCUT2D eigenvalue weighted by atomic mass is 10.1. The van der Waals surface area contributed by atoms with E-state index in [0.717, 1.165) is 49.6 Å². The van der Waals surface area contributed by atoms with E-state index < -0.39 is 0 Å². The first-order chi connectivity index (χ1) is 14.7. The van der Waals surface area contributed by atoms with Gasteiger partial charge in [-0.3, -0.25) is 9.59 Å². The van der Waals surface area contributed by atoms with Gasteiger partial charge in [0.25, 0.3) is 11.8 Å². The van der Waals surface area contributed by atoms with E-state index in [-0.39, 0.29) is 23.9 Å². The molecule has 2 aliphatic rings. The number of nitrogens with zero attached hydrogens (tertiary/aromatic N) is 5. The van der Waals surface area contributed by atoms with Gasteiger partial charge in [0.2, 0.25) is 0 Å². The predicted molar refractivity (Wildman–Crippen MR) is 110 cm³/mol. The third kappa shape index (κ3) is 3.67. The number of carbonyl (C=O) groups is 2. The first-order valence-electron chi connectivity index (χ1n) is 10.6. The van der Waals surface area contributed by atoms with Crippen molar-refractivity contribution in [1.29, 1.82) is 0 Å². The number of H-pyrrole nitrogens is 1. The van der Waals surface area contributed by atoms with Crippen LogP contribution in [0.2, 0.25) is 0 Å². The van der Waals surface area contributed by atoms with Gasteiger partial charge in [0.1, 0.15) is 0 Å². The van der Waals surface area contributed by atoms with E-state index in [0.29, 0.717) is 24.3 Å². The number of nitrogens with one attached hydrogen (secondary N) is 2. The van der Waals surface area contributed by atoms with Crippen molar-refractivity contribution in [3.05, 3.63) is 42.0 Å². The fraction of sp³-hybridized carbons (Fsp3) is 0.476. The summed E-state index contributed by atoms with van der Waals surface area (Å²) in [6, 6.07) is 5.81. The first-order valence-corrected chi connectivity index (χ1v) is 10.6. The van der Waals surface area contributed by atoms with Gasteiger partial charge < -0.3 is 15.2 Å². The molecule has 1 saturated carbocycles. The molecule has 1 aliphatic carbocycles. The summed E-state index contributed by atoms with van der Waals surface area (Å²) in [5.74, 6) is -0.159. The molecule has 5 rings (SSSR count). The Bertz CT molecular complexity index is 1070. The largest absolute Gasteiger partial charge is 0.348 e. The lowest BCUT2D eigenvalue weighted by Crippen LogP contribution is -2.38. The van der Waals surface area contributed by atoms with Gasteiger partial charge in [0.15, 0.2) is 5.69 Å². The Morgan fingerprint density at radius 2 is 2.03 bits per heavy atom. The zero-order valence-electron chi connectivity index (χ0n) is 16.8. The molecule has 30 heavy (non-hydrogen) atoms. The van der Waals surface area contributed by atoms with Gasteiger partial charge >= 0.3 is 0 Å². The SMILES string of the molecule is O=C(NC1CCCC1)c1cn(CC2CCCN2C(=O)c2ccc3nc[nH]c3c2)nn1. The molecule has 3 heterocycles. The Labute approximate surface area is 173 Å². The second kappa shape index (κ2) is 7.89. The topological polar surface area (TPSA) is 109 Å². The number of hydrogen-bond acceptors (Lipinski definition) is 5. The number of aromatic nitrogens is 5. The maximum absolute atomic E-state index is 13.1. The molecule has 2 aromatic heterocycles. The second-order valence-electron chi connectivity index (χ2n) is 8.21. The minimum Gasteiger partial charge on any atom is -0.348 e. The number of rotatable bonds is 5. The number of likely N-dealkylation sites (tertiary alicyclic amines) is 1. The lowest BCUT2D eigenvalue weighted by molar-refractivity contribution is 0.0721. The zero-order chi connectivity index (χ0) is 20.5. The highest BCUT2D eigenvalue weighted by molar-refractivity contribution is 5.97. The number of carbonyl (C=O) groups excluding carboxylic acids is 2. The summed E-state index contributed by atoms with van der Waals surface area (Å²) in [7, 11) is 0. The van der Waals surface area contributed by atoms with Crippen LogP contribution in [0.1, 0.15) is 59.4 Å². The van der Waals surface area contributed by atoms with E-state index in [1.807, 2.05) is 23.1 Å². The van der Waals surface area contributed by atoms with Crippen molar-refractivity contribution in [2.45, 2.75) is 57.2 Å². The number of aromatic amines is 1. The van der Waals surface area contributed by atoms with E-state index in [4.69, 9.17) is 0 Å². The van der Waals surface area contributed by atoms with Gasteiger partial charge in [0, 0.05) is 18.2 Å². The maximum Gasteiger partial charge on any atom is 0.273 e. The van der Waals surface area contributed by atoms with E-state index in [1.165, 1.54) is 0 Å². The van der Waals surface area contributed by atoms with Crippen molar-refractivity contribution in [3.63, 3.8) is 0 Å². The van der Waals surface area contributed by atoms with Gasteiger partial charge in [-0.15, -0.1) is 5.10 Å². The second-order valence-corrected chi connectivity index (χ2v) is 8.21. The van der Waals surface area contributed by atoms with Crippen molar-refractivity contribution < 1.29 is 9.59 Å². The summed E-state index contributed by atoms with van der Waals surface area (Å²) in [6.07, 6.45) is 9.55. The van der Waals surface area contributed by atoms with Crippen molar-refractivity contribution >= 4 is 22.8 Å². The summed E-state index contributed by atoms with van der Waals surface area (Å²) in [5.41, 5.74) is 2.68. The monoisotopic (exact) mass is 407 g/mol. The Morgan fingerprint density at radius 1 is 1.17 bits per heavy atom. The van der Waals surface area contributed by atoms with Crippen LogP contribution in [-0.4, -0.2) is 60.3 Å². The first kappa shape index (κ1) is 18.8. The average Bonchev–Trinajstić information content (AvgIpc) is 3.54. The minimum atomic E-state index is -0.166. The summed E-state index contributed by atoms with van der Waals surface area (Å²) in [4.78, 5) is 34.7. The number of benzene rings is 1. The van der Waals surface area contributed by atoms with Crippen molar-refractivity contribution in [3.8, 4) is 0 Å². The molecule has 1 saturated heterocycles. The third-order valence-corrected chi connectivity index (χ3v) is 6.16. The number of imidazole rings is 1. The van der Waals surface area contributed by atoms with E-state index in [9.17, 15) is 9.59 Å². The molecule has 0 spiro atoms. The Hall–Kier alpha value is -3.23. The molecule has 2 amide bonds. The van der Waals surface area contributed by atoms with Gasteiger partial charge in [-0.05, 0) is 43.9 Å². The van der Waals surface area contributed by atoms with Gasteiger partial charge in [-0.1, -0.05) is 18.1 Å². The van der Waals surface area contributed by atoms with Crippen LogP contribution in [0.4, 0.5) is 0 Å². The summed E-state index contributed by atoms with van der Waals surface area (Å²) in [5, 5.41) is 11.2. The normalized spacial score (nSPS) is 19.6.